The Hall–Kier alpha value is -1.65. The SMILES string of the molecule is Cc1ccc(NC(=S)N[C@@H](C)c2ccccc2Cl)cc1F. The van der Waals surface area contributed by atoms with E-state index in [0.29, 0.717) is 21.4 Å². The number of rotatable bonds is 3. The molecule has 0 unspecified atom stereocenters. The summed E-state index contributed by atoms with van der Waals surface area (Å²) in [5, 5.41) is 7.20. The van der Waals surface area contributed by atoms with E-state index in [4.69, 9.17) is 23.8 Å². The summed E-state index contributed by atoms with van der Waals surface area (Å²) in [7, 11) is 0. The van der Waals surface area contributed by atoms with Crippen LogP contribution in [0.4, 0.5) is 10.1 Å². The molecule has 110 valence electrons. The zero-order chi connectivity index (χ0) is 15.4. The molecule has 0 fully saturated rings. The number of halogens is 2. The van der Waals surface area contributed by atoms with Crippen LogP contribution >= 0.6 is 23.8 Å². The molecule has 0 amide bonds. The molecule has 0 aliphatic rings. The van der Waals surface area contributed by atoms with Crippen molar-refractivity contribution in [2.45, 2.75) is 19.9 Å². The van der Waals surface area contributed by atoms with Gasteiger partial charge < -0.3 is 10.6 Å². The summed E-state index contributed by atoms with van der Waals surface area (Å²) in [6, 6.07) is 12.4. The van der Waals surface area contributed by atoms with Gasteiger partial charge in [0.05, 0.1) is 6.04 Å². The first kappa shape index (κ1) is 15.7. The van der Waals surface area contributed by atoms with Gasteiger partial charge in [-0.2, -0.15) is 0 Å². The second-order valence-corrected chi connectivity index (χ2v) is 5.62. The third kappa shape index (κ3) is 4.16. The maximum Gasteiger partial charge on any atom is 0.171 e. The van der Waals surface area contributed by atoms with E-state index in [1.807, 2.05) is 31.2 Å². The van der Waals surface area contributed by atoms with Crippen molar-refractivity contribution in [3.8, 4) is 0 Å². The van der Waals surface area contributed by atoms with E-state index in [1.54, 1.807) is 19.1 Å². The van der Waals surface area contributed by atoms with E-state index in [0.717, 1.165) is 5.56 Å². The van der Waals surface area contributed by atoms with Crippen LogP contribution in [0.15, 0.2) is 42.5 Å². The average Bonchev–Trinajstić information content (AvgIpc) is 2.43. The lowest BCUT2D eigenvalue weighted by molar-refractivity contribution is 0.619. The Morgan fingerprint density at radius 3 is 2.62 bits per heavy atom. The first-order valence-electron chi connectivity index (χ1n) is 6.55. The minimum absolute atomic E-state index is 0.0472. The van der Waals surface area contributed by atoms with Crippen molar-refractivity contribution < 1.29 is 4.39 Å². The van der Waals surface area contributed by atoms with E-state index < -0.39 is 0 Å². The normalized spacial score (nSPS) is 11.8. The highest BCUT2D eigenvalue weighted by molar-refractivity contribution is 7.80. The first-order valence-corrected chi connectivity index (χ1v) is 7.34. The predicted molar refractivity (Wildman–Crippen MR) is 90.4 cm³/mol. The van der Waals surface area contributed by atoms with Gasteiger partial charge in [-0.05, 0) is 55.4 Å². The molecule has 0 aliphatic heterocycles. The Balaban J connectivity index is 2.01. The van der Waals surface area contributed by atoms with Crippen LogP contribution in [0.3, 0.4) is 0 Å². The van der Waals surface area contributed by atoms with Gasteiger partial charge in [0.1, 0.15) is 5.82 Å². The van der Waals surface area contributed by atoms with Gasteiger partial charge in [-0.25, -0.2) is 4.39 Å². The van der Waals surface area contributed by atoms with Crippen molar-refractivity contribution in [1.29, 1.82) is 0 Å². The fraction of sp³-hybridized carbons (Fsp3) is 0.188. The van der Waals surface area contributed by atoms with Crippen molar-refractivity contribution in [3.05, 3.63) is 64.4 Å². The van der Waals surface area contributed by atoms with Crippen molar-refractivity contribution in [2.24, 2.45) is 0 Å². The summed E-state index contributed by atoms with van der Waals surface area (Å²) in [6.45, 7) is 3.68. The second-order valence-electron chi connectivity index (χ2n) is 4.81. The van der Waals surface area contributed by atoms with Gasteiger partial charge in [0.25, 0.3) is 0 Å². The highest BCUT2D eigenvalue weighted by Crippen LogP contribution is 2.22. The molecule has 0 saturated heterocycles. The van der Waals surface area contributed by atoms with Crippen LogP contribution in [0.5, 0.6) is 0 Å². The Labute approximate surface area is 134 Å². The standard InChI is InChI=1S/C16H16ClFN2S/c1-10-7-8-12(9-15(10)18)20-16(21)19-11(2)13-5-3-4-6-14(13)17/h3-9,11H,1-2H3,(H2,19,20,21)/t11-/m0/s1. The molecule has 0 saturated carbocycles. The quantitative estimate of drug-likeness (QED) is 0.791. The van der Waals surface area contributed by atoms with Crippen molar-refractivity contribution in [1.82, 2.24) is 5.32 Å². The molecule has 0 bridgehead atoms. The minimum atomic E-state index is -0.262. The molecule has 2 nitrogen and oxygen atoms in total. The van der Waals surface area contributed by atoms with E-state index >= 15 is 0 Å². The van der Waals surface area contributed by atoms with Crippen molar-refractivity contribution in [2.75, 3.05) is 5.32 Å². The highest BCUT2D eigenvalue weighted by Gasteiger charge is 2.10. The molecule has 0 radical (unpaired) electrons. The topological polar surface area (TPSA) is 24.1 Å². The molecule has 2 aromatic rings. The van der Waals surface area contributed by atoms with E-state index in [1.165, 1.54) is 6.07 Å². The highest BCUT2D eigenvalue weighted by atomic mass is 35.5. The van der Waals surface area contributed by atoms with Crippen molar-refractivity contribution >= 4 is 34.6 Å². The third-order valence-electron chi connectivity index (χ3n) is 3.15. The Kier molecular flexibility index (Phi) is 5.15. The molecule has 21 heavy (non-hydrogen) atoms. The monoisotopic (exact) mass is 322 g/mol. The van der Waals surface area contributed by atoms with E-state index in [9.17, 15) is 4.39 Å². The fourth-order valence-corrected chi connectivity index (χ4v) is 2.53. The number of anilines is 1. The van der Waals surface area contributed by atoms with Gasteiger partial charge in [0.15, 0.2) is 5.11 Å². The van der Waals surface area contributed by atoms with Gasteiger partial charge in [-0.1, -0.05) is 35.9 Å². The predicted octanol–water partition coefficient (Wildman–Crippen LogP) is 4.84. The van der Waals surface area contributed by atoms with E-state index in [-0.39, 0.29) is 11.9 Å². The molecule has 1 atom stereocenters. The first-order chi connectivity index (χ1) is 9.97. The second kappa shape index (κ2) is 6.87. The van der Waals surface area contributed by atoms with Gasteiger partial charge in [0, 0.05) is 10.7 Å². The lowest BCUT2D eigenvalue weighted by Crippen LogP contribution is -2.31. The Morgan fingerprint density at radius 2 is 1.95 bits per heavy atom. The van der Waals surface area contributed by atoms with E-state index in [2.05, 4.69) is 10.6 Å². The lowest BCUT2D eigenvalue weighted by atomic mass is 10.1. The zero-order valence-electron chi connectivity index (χ0n) is 11.8. The Bertz CT molecular complexity index is 660. The van der Waals surface area contributed by atoms with Crippen LogP contribution in [0.1, 0.15) is 24.1 Å². The van der Waals surface area contributed by atoms with Crippen LogP contribution in [0, 0.1) is 12.7 Å². The lowest BCUT2D eigenvalue weighted by Gasteiger charge is -2.18. The number of thiocarbonyl (C=S) groups is 1. The number of hydrogen-bond donors (Lipinski definition) is 2. The van der Waals surface area contributed by atoms with Crippen LogP contribution in [-0.2, 0) is 0 Å². The molecule has 0 heterocycles. The molecular weight excluding hydrogens is 307 g/mol. The van der Waals surface area contributed by atoms with Gasteiger partial charge in [-0.15, -0.1) is 0 Å². The number of hydrogen-bond acceptors (Lipinski definition) is 1. The average molecular weight is 323 g/mol. The molecule has 0 spiro atoms. The molecular formula is C16H16ClFN2S. The summed E-state index contributed by atoms with van der Waals surface area (Å²) in [4.78, 5) is 0. The largest absolute Gasteiger partial charge is 0.356 e. The van der Waals surface area contributed by atoms with Crippen LogP contribution in [0.2, 0.25) is 5.02 Å². The molecule has 2 rings (SSSR count). The minimum Gasteiger partial charge on any atom is -0.356 e. The molecule has 0 aromatic heterocycles. The Morgan fingerprint density at radius 1 is 1.24 bits per heavy atom. The zero-order valence-corrected chi connectivity index (χ0v) is 13.4. The molecule has 0 aliphatic carbocycles. The number of benzene rings is 2. The van der Waals surface area contributed by atoms with Crippen LogP contribution in [-0.4, -0.2) is 5.11 Å². The molecule has 2 N–H and O–H groups in total. The van der Waals surface area contributed by atoms with Crippen LogP contribution in [0.25, 0.3) is 0 Å². The van der Waals surface area contributed by atoms with Gasteiger partial charge in [-0.3, -0.25) is 0 Å². The number of aryl methyl sites for hydroxylation is 1. The summed E-state index contributed by atoms with van der Waals surface area (Å²) in [5.74, 6) is -0.262. The number of nitrogens with one attached hydrogen (secondary N) is 2. The maximum atomic E-state index is 13.5. The molecule has 2 aromatic carbocycles. The van der Waals surface area contributed by atoms with Crippen LogP contribution < -0.4 is 10.6 Å². The summed E-state index contributed by atoms with van der Waals surface area (Å²) in [5.41, 5.74) is 2.17. The van der Waals surface area contributed by atoms with Gasteiger partial charge in [0.2, 0.25) is 0 Å². The third-order valence-corrected chi connectivity index (χ3v) is 3.71. The summed E-state index contributed by atoms with van der Waals surface area (Å²) < 4.78 is 13.5. The fourth-order valence-electron chi connectivity index (χ4n) is 1.94. The maximum absolute atomic E-state index is 13.5. The smallest absolute Gasteiger partial charge is 0.171 e. The van der Waals surface area contributed by atoms with Gasteiger partial charge >= 0.3 is 0 Å². The van der Waals surface area contributed by atoms with Crippen molar-refractivity contribution in [3.63, 3.8) is 0 Å². The summed E-state index contributed by atoms with van der Waals surface area (Å²) >= 11 is 11.4. The molecule has 5 heteroatoms. The summed E-state index contributed by atoms with van der Waals surface area (Å²) in [6.07, 6.45) is 0.